The summed E-state index contributed by atoms with van der Waals surface area (Å²) in [6.45, 7) is 10.4. The van der Waals surface area contributed by atoms with E-state index in [1.807, 2.05) is 26.1 Å². The van der Waals surface area contributed by atoms with Crippen LogP contribution >= 0.6 is 11.5 Å². The van der Waals surface area contributed by atoms with E-state index in [0.29, 0.717) is 85.6 Å². The standard InChI is InChI=1S/C24H38N2O7S/c1-4-28-7-8-29-9-10-30-11-12-31-13-14-32-15-16-33-23-17-21(24-20(2)26(3)34-24)5-6-22(23)18-25-19-27/h5-6,17,19H,4,7-16,18H2,1-3H3,(H,25,27). The molecule has 34 heavy (non-hydrogen) atoms. The molecule has 0 atom stereocenters. The normalized spacial score (nSPS) is 11.1. The molecular formula is C24H38N2O7S. The maximum atomic E-state index is 10.7. The van der Waals surface area contributed by atoms with E-state index in [4.69, 9.17) is 28.4 Å². The number of aryl methyl sites for hydroxylation is 1. The van der Waals surface area contributed by atoms with Crippen molar-refractivity contribution in [3.63, 3.8) is 0 Å². The number of nitrogens with zero attached hydrogens (tertiary/aromatic N) is 1. The Hall–Kier alpha value is -1.95. The number of rotatable bonds is 21. The third-order valence-corrected chi connectivity index (χ3v) is 6.17. The first kappa shape index (κ1) is 28.3. The molecule has 9 nitrogen and oxygen atoms in total. The SMILES string of the molecule is CCOCCOCCOCCOCCOCCOc1cc(-c2sn(C)c2C)ccc1CNC=O. The second kappa shape index (κ2) is 17.5. The van der Waals surface area contributed by atoms with Crippen molar-refractivity contribution in [3.05, 3.63) is 29.5 Å². The second-order valence-electron chi connectivity index (χ2n) is 7.32. The van der Waals surface area contributed by atoms with Crippen LogP contribution in [0.5, 0.6) is 5.75 Å². The third-order valence-electron chi connectivity index (χ3n) is 4.91. The summed E-state index contributed by atoms with van der Waals surface area (Å²) >= 11 is 1.70. The molecule has 0 aliphatic rings. The van der Waals surface area contributed by atoms with E-state index in [1.54, 1.807) is 11.5 Å². The number of benzene rings is 1. The molecule has 1 amide bonds. The van der Waals surface area contributed by atoms with Crippen LogP contribution in [0.3, 0.4) is 0 Å². The Bertz CT molecular complexity index is 809. The van der Waals surface area contributed by atoms with Crippen LogP contribution in [-0.4, -0.2) is 83.0 Å². The highest BCUT2D eigenvalue weighted by molar-refractivity contribution is 7.11. The smallest absolute Gasteiger partial charge is 0.207 e. The molecule has 0 bridgehead atoms. The molecule has 0 saturated heterocycles. The molecule has 2 aromatic rings. The van der Waals surface area contributed by atoms with Crippen molar-refractivity contribution in [2.75, 3.05) is 72.7 Å². The number of hydrogen-bond donors (Lipinski definition) is 1. The zero-order valence-electron chi connectivity index (χ0n) is 20.5. The molecule has 0 aliphatic carbocycles. The van der Waals surface area contributed by atoms with Crippen LogP contribution < -0.4 is 10.1 Å². The summed E-state index contributed by atoms with van der Waals surface area (Å²) in [5, 5.41) is 2.70. The lowest BCUT2D eigenvalue weighted by Gasteiger charge is -2.18. The molecule has 0 saturated carbocycles. The number of ether oxygens (including phenoxy) is 6. The Morgan fingerprint density at radius 3 is 1.94 bits per heavy atom. The van der Waals surface area contributed by atoms with E-state index in [1.165, 1.54) is 10.6 Å². The number of carbonyl (C=O) groups is 1. The monoisotopic (exact) mass is 498 g/mol. The van der Waals surface area contributed by atoms with Gasteiger partial charge in [0.1, 0.15) is 12.4 Å². The van der Waals surface area contributed by atoms with Crippen LogP contribution in [0.25, 0.3) is 10.4 Å². The first-order chi connectivity index (χ1) is 16.7. The van der Waals surface area contributed by atoms with Crippen LogP contribution in [-0.2, 0) is 42.1 Å². The largest absolute Gasteiger partial charge is 0.491 e. The average Bonchev–Trinajstić information content (AvgIpc) is 2.85. The molecule has 0 spiro atoms. The summed E-state index contributed by atoms with van der Waals surface area (Å²) in [5.74, 6) is 0.751. The van der Waals surface area contributed by atoms with Gasteiger partial charge in [-0.25, -0.2) is 0 Å². The zero-order chi connectivity index (χ0) is 24.4. The van der Waals surface area contributed by atoms with E-state index in [9.17, 15) is 4.79 Å². The fourth-order valence-corrected chi connectivity index (χ4v) is 3.87. The Morgan fingerprint density at radius 2 is 1.44 bits per heavy atom. The van der Waals surface area contributed by atoms with Crippen LogP contribution in [0, 0.1) is 6.92 Å². The number of amides is 1. The molecule has 0 unspecified atom stereocenters. The zero-order valence-corrected chi connectivity index (χ0v) is 21.3. The number of aromatic nitrogens is 1. The van der Waals surface area contributed by atoms with E-state index in [0.717, 1.165) is 16.9 Å². The summed E-state index contributed by atoms with van der Waals surface area (Å²) in [4.78, 5) is 11.9. The Balaban J connectivity index is 1.55. The van der Waals surface area contributed by atoms with Gasteiger partial charge < -0.3 is 37.7 Å². The highest BCUT2D eigenvalue weighted by Gasteiger charge is 2.13. The first-order valence-electron chi connectivity index (χ1n) is 11.6. The molecule has 1 aromatic carbocycles. The van der Waals surface area contributed by atoms with Crippen molar-refractivity contribution in [1.82, 2.24) is 9.27 Å². The topological polar surface area (TPSA) is 89.4 Å². The fraction of sp³-hybridized carbons (Fsp3) is 0.625. The van der Waals surface area contributed by atoms with Gasteiger partial charge in [0.15, 0.2) is 0 Å². The van der Waals surface area contributed by atoms with Crippen molar-refractivity contribution >= 4 is 17.9 Å². The average molecular weight is 499 g/mol. The first-order valence-corrected chi connectivity index (χ1v) is 12.4. The minimum atomic E-state index is 0.412. The molecule has 0 fully saturated rings. The van der Waals surface area contributed by atoms with Gasteiger partial charge in [-0.3, -0.25) is 4.79 Å². The second-order valence-corrected chi connectivity index (χ2v) is 8.46. The highest BCUT2D eigenvalue weighted by atomic mass is 32.1. The van der Waals surface area contributed by atoms with Crippen LogP contribution in [0.15, 0.2) is 18.2 Å². The highest BCUT2D eigenvalue weighted by Crippen LogP contribution is 2.35. The number of hydrogen-bond acceptors (Lipinski definition) is 8. The molecule has 1 N–H and O–H groups in total. The summed E-state index contributed by atoms with van der Waals surface area (Å²) in [5.41, 5.74) is 3.27. The van der Waals surface area contributed by atoms with Gasteiger partial charge in [0.25, 0.3) is 0 Å². The molecule has 10 heteroatoms. The molecular weight excluding hydrogens is 460 g/mol. The lowest BCUT2D eigenvalue weighted by atomic mass is 10.1. The Labute approximate surface area is 206 Å². The molecule has 1 heterocycles. The van der Waals surface area contributed by atoms with Crippen molar-refractivity contribution in [2.24, 2.45) is 7.05 Å². The van der Waals surface area contributed by atoms with E-state index < -0.39 is 0 Å². The van der Waals surface area contributed by atoms with Gasteiger partial charge in [-0.15, -0.1) is 0 Å². The van der Waals surface area contributed by atoms with E-state index >= 15 is 0 Å². The van der Waals surface area contributed by atoms with E-state index in [2.05, 4.69) is 22.3 Å². The fourth-order valence-electron chi connectivity index (χ4n) is 3.00. The quantitative estimate of drug-likeness (QED) is 0.209. The Kier molecular flexibility index (Phi) is 14.5. The van der Waals surface area contributed by atoms with Gasteiger partial charge in [-0.2, -0.15) is 0 Å². The van der Waals surface area contributed by atoms with Gasteiger partial charge in [0.2, 0.25) is 6.41 Å². The van der Waals surface area contributed by atoms with Crippen LogP contribution in [0.4, 0.5) is 0 Å². The van der Waals surface area contributed by atoms with Crippen LogP contribution in [0.2, 0.25) is 0 Å². The third kappa shape index (κ3) is 10.5. The van der Waals surface area contributed by atoms with Gasteiger partial charge in [-0.1, -0.05) is 23.7 Å². The maximum Gasteiger partial charge on any atom is 0.207 e. The minimum Gasteiger partial charge on any atom is -0.491 e. The Morgan fingerprint density at radius 1 is 0.882 bits per heavy atom. The van der Waals surface area contributed by atoms with Crippen molar-refractivity contribution in [3.8, 4) is 16.2 Å². The molecule has 1 aromatic heterocycles. The number of nitrogens with one attached hydrogen (secondary N) is 1. The minimum absolute atomic E-state index is 0.412. The number of carbonyl (C=O) groups excluding carboxylic acids is 1. The van der Waals surface area contributed by atoms with Crippen molar-refractivity contribution in [1.29, 1.82) is 0 Å². The lowest BCUT2D eigenvalue weighted by Crippen LogP contribution is -2.15. The van der Waals surface area contributed by atoms with Crippen molar-refractivity contribution in [2.45, 2.75) is 20.4 Å². The summed E-state index contributed by atoms with van der Waals surface area (Å²) < 4.78 is 35.2. The van der Waals surface area contributed by atoms with E-state index in [-0.39, 0.29) is 0 Å². The molecule has 2 rings (SSSR count). The molecule has 0 aliphatic heterocycles. The summed E-state index contributed by atoms with van der Waals surface area (Å²) in [6, 6.07) is 6.07. The van der Waals surface area contributed by atoms with Crippen LogP contribution in [0.1, 0.15) is 18.2 Å². The molecule has 192 valence electrons. The molecule has 0 radical (unpaired) electrons. The lowest BCUT2D eigenvalue weighted by molar-refractivity contribution is -0.109. The van der Waals surface area contributed by atoms with Crippen molar-refractivity contribution < 1.29 is 33.2 Å². The predicted molar refractivity (Wildman–Crippen MR) is 132 cm³/mol. The van der Waals surface area contributed by atoms with Gasteiger partial charge in [0.05, 0.1) is 64.3 Å². The summed E-state index contributed by atoms with van der Waals surface area (Å²) in [6.07, 6.45) is 0.688. The maximum absolute atomic E-state index is 10.7. The summed E-state index contributed by atoms with van der Waals surface area (Å²) in [7, 11) is 2.04. The van der Waals surface area contributed by atoms with Gasteiger partial charge >= 0.3 is 0 Å². The van der Waals surface area contributed by atoms with Gasteiger partial charge in [-0.05, 0) is 25.5 Å². The predicted octanol–water partition coefficient (Wildman–Crippen LogP) is 2.79. The van der Waals surface area contributed by atoms with Gasteiger partial charge in [0, 0.05) is 31.5 Å².